The normalized spacial score (nSPS) is 47.8. The molecular formula is C6H10O6. The zero-order valence-electron chi connectivity index (χ0n) is 6.12. The minimum Gasteiger partial charge on any atom is -0.394 e. The molecule has 0 unspecified atom stereocenters. The minimum absolute atomic E-state index is 0.0173. The Kier molecular flexibility index (Phi) is 2.45. The van der Waals surface area contributed by atoms with E-state index in [1.165, 1.54) is 0 Å². The number of aldehydes is 1. The molecule has 1 aliphatic rings. The summed E-state index contributed by atoms with van der Waals surface area (Å²) in [7, 11) is 0. The summed E-state index contributed by atoms with van der Waals surface area (Å²) in [5.74, 6) is -2.40. The van der Waals surface area contributed by atoms with Crippen LogP contribution in [-0.2, 0) is 9.53 Å². The molecule has 0 aromatic rings. The molecule has 70 valence electrons. The van der Waals surface area contributed by atoms with Crippen LogP contribution in [0.4, 0.5) is 0 Å². The van der Waals surface area contributed by atoms with Gasteiger partial charge in [0.1, 0.15) is 18.3 Å². The Morgan fingerprint density at radius 3 is 2.33 bits per heavy atom. The third kappa shape index (κ3) is 1.23. The molecule has 0 amide bonds. The lowest BCUT2D eigenvalue weighted by Crippen LogP contribution is -2.44. The molecule has 4 N–H and O–H groups in total. The second kappa shape index (κ2) is 3.08. The highest BCUT2D eigenvalue weighted by Crippen LogP contribution is 2.26. The molecule has 0 aliphatic carbocycles. The van der Waals surface area contributed by atoms with Gasteiger partial charge in [-0.1, -0.05) is 0 Å². The lowest BCUT2D eigenvalue weighted by molar-refractivity contribution is -0.213. The van der Waals surface area contributed by atoms with Gasteiger partial charge in [0.25, 0.3) is 5.79 Å². The Morgan fingerprint density at radius 1 is 1.50 bits per heavy atom. The van der Waals surface area contributed by atoms with Crippen molar-refractivity contribution in [1.82, 2.24) is 0 Å². The molecule has 1 aliphatic heterocycles. The van der Waals surface area contributed by atoms with Gasteiger partial charge in [-0.25, -0.2) is 0 Å². The Labute approximate surface area is 68.0 Å². The van der Waals surface area contributed by atoms with Gasteiger partial charge >= 0.3 is 0 Å². The summed E-state index contributed by atoms with van der Waals surface area (Å²) in [5, 5.41) is 35.8. The molecule has 12 heavy (non-hydrogen) atoms. The van der Waals surface area contributed by atoms with Crippen LogP contribution in [0.25, 0.3) is 0 Å². The molecule has 0 radical (unpaired) electrons. The number of hydrogen-bond acceptors (Lipinski definition) is 6. The minimum atomic E-state index is -2.40. The van der Waals surface area contributed by atoms with Crippen molar-refractivity contribution in [3.63, 3.8) is 0 Å². The molecule has 6 heteroatoms. The van der Waals surface area contributed by atoms with Gasteiger partial charge in [-0.2, -0.15) is 0 Å². The molecule has 0 spiro atoms. The molecule has 1 fully saturated rings. The van der Waals surface area contributed by atoms with E-state index in [1.807, 2.05) is 0 Å². The molecule has 1 rings (SSSR count). The van der Waals surface area contributed by atoms with Crippen molar-refractivity contribution in [2.75, 3.05) is 6.61 Å². The van der Waals surface area contributed by atoms with E-state index in [1.54, 1.807) is 0 Å². The maximum absolute atomic E-state index is 10.2. The summed E-state index contributed by atoms with van der Waals surface area (Å²) in [4.78, 5) is 10.2. The van der Waals surface area contributed by atoms with Gasteiger partial charge in [-0.15, -0.1) is 0 Å². The summed E-state index contributed by atoms with van der Waals surface area (Å²) in [6.07, 6.45) is -4.32. The summed E-state index contributed by atoms with van der Waals surface area (Å²) in [6.45, 7) is -0.575. The second-order valence-corrected chi connectivity index (χ2v) is 2.64. The lowest BCUT2D eigenvalue weighted by Gasteiger charge is -2.17. The van der Waals surface area contributed by atoms with Crippen LogP contribution in [0.1, 0.15) is 0 Å². The van der Waals surface area contributed by atoms with Crippen molar-refractivity contribution in [1.29, 1.82) is 0 Å². The van der Waals surface area contributed by atoms with E-state index in [2.05, 4.69) is 4.74 Å². The average Bonchev–Trinajstić information content (AvgIpc) is 2.31. The molecule has 0 aromatic heterocycles. The Balaban J connectivity index is 2.79. The monoisotopic (exact) mass is 178 g/mol. The van der Waals surface area contributed by atoms with Crippen LogP contribution in [-0.4, -0.2) is 57.4 Å². The van der Waals surface area contributed by atoms with Crippen molar-refractivity contribution in [3.8, 4) is 0 Å². The Hall–Kier alpha value is -0.530. The van der Waals surface area contributed by atoms with Gasteiger partial charge in [0, 0.05) is 0 Å². The van der Waals surface area contributed by atoms with Crippen molar-refractivity contribution < 1.29 is 30.0 Å². The number of ether oxygens (including phenoxy) is 1. The van der Waals surface area contributed by atoms with Crippen LogP contribution in [0, 0.1) is 0 Å². The van der Waals surface area contributed by atoms with E-state index >= 15 is 0 Å². The summed E-state index contributed by atoms with van der Waals surface area (Å²) < 4.78 is 4.51. The fraction of sp³-hybridized carbons (Fsp3) is 0.833. The molecule has 0 aromatic carbocycles. The Bertz CT molecular complexity index is 183. The lowest BCUT2D eigenvalue weighted by atomic mass is 10.1. The average molecular weight is 178 g/mol. The summed E-state index contributed by atoms with van der Waals surface area (Å²) >= 11 is 0. The highest BCUT2D eigenvalue weighted by atomic mass is 16.7. The molecule has 0 saturated carbocycles. The number of aliphatic hydroxyl groups is 4. The summed E-state index contributed by atoms with van der Waals surface area (Å²) in [5.41, 5.74) is 0. The topological polar surface area (TPSA) is 107 Å². The van der Waals surface area contributed by atoms with Gasteiger partial charge in [-0.3, -0.25) is 4.79 Å². The van der Waals surface area contributed by atoms with Gasteiger partial charge < -0.3 is 25.2 Å². The largest absolute Gasteiger partial charge is 0.394 e. The number of carbonyl (C=O) groups is 1. The van der Waals surface area contributed by atoms with E-state index in [9.17, 15) is 4.79 Å². The van der Waals surface area contributed by atoms with Crippen LogP contribution < -0.4 is 0 Å². The zero-order chi connectivity index (χ0) is 9.35. The van der Waals surface area contributed by atoms with Crippen LogP contribution in [0.15, 0.2) is 0 Å². The Morgan fingerprint density at radius 2 is 2.08 bits per heavy atom. The van der Waals surface area contributed by atoms with E-state index in [4.69, 9.17) is 20.4 Å². The third-order valence-electron chi connectivity index (χ3n) is 1.82. The molecule has 0 bridgehead atoms. The molecule has 6 nitrogen and oxygen atoms in total. The SMILES string of the molecule is O=C[C@@]1(O)O[C@@H](CO)[C@@H](O)[C@@H]1O. The predicted octanol–water partition coefficient (Wildman–Crippen LogP) is -3.01. The van der Waals surface area contributed by atoms with Crippen molar-refractivity contribution in [3.05, 3.63) is 0 Å². The fourth-order valence-electron chi connectivity index (χ4n) is 1.07. The predicted molar refractivity (Wildman–Crippen MR) is 35.0 cm³/mol. The third-order valence-corrected chi connectivity index (χ3v) is 1.82. The first-order valence-corrected chi connectivity index (χ1v) is 3.38. The highest BCUT2D eigenvalue weighted by Gasteiger charge is 2.53. The van der Waals surface area contributed by atoms with Crippen molar-refractivity contribution >= 4 is 6.29 Å². The van der Waals surface area contributed by atoms with E-state index in [0.717, 1.165) is 0 Å². The van der Waals surface area contributed by atoms with Crippen molar-refractivity contribution in [2.45, 2.75) is 24.1 Å². The number of rotatable bonds is 2. The fourth-order valence-corrected chi connectivity index (χ4v) is 1.07. The van der Waals surface area contributed by atoms with Crippen LogP contribution in [0.3, 0.4) is 0 Å². The second-order valence-electron chi connectivity index (χ2n) is 2.64. The highest BCUT2D eigenvalue weighted by molar-refractivity contribution is 5.61. The zero-order valence-corrected chi connectivity index (χ0v) is 6.12. The van der Waals surface area contributed by atoms with Gasteiger partial charge in [0.15, 0.2) is 6.29 Å². The van der Waals surface area contributed by atoms with E-state index < -0.39 is 30.7 Å². The standard InChI is InChI=1S/C6H10O6/c7-1-3-4(9)5(10)6(11,2-8)12-3/h2-5,7,9-11H,1H2/t3-,4+,5-,6+/m0/s1. The number of carbonyl (C=O) groups excluding carboxylic acids is 1. The molecule has 4 atom stereocenters. The maximum Gasteiger partial charge on any atom is 0.253 e. The first kappa shape index (κ1) is 9.56. The van der Waals surface area contributed by atoms with E-state index in [-0.39, 0.29) is 6.29 Å². The smallest absolute Gasteiger partial charge is 0.253 e. The first-order chi connectivity index (χ1) is 5.55. The van der Waals surface area contributed by atoms with Gasteiger partial charge in [0.05, 0.1) is 6.61 Å². The van der Waals surface area contributed by atoms with Crippen LogP contribution in [0.5, 0.6) is 0 Å². The molecule has 1 heterocycles. The van der Waals surface area contributed by atoms with Gasteiger partial charge in [0.2, 0.25) is 0 Å². The van der Waals surface area contributed by atoms with Crippen molar-refractivity contribution in [2.24, 2.45) is 0 Å². The maximum atomic E-state index is 10.2. The van der Waals surface area contributed by atoms with Gasteiger partial charge in [-0.05, 0) is 0 Å². The summed E-state index contributed by atoms with van der Waals surface area (Å²) in [6, 6.07) is 0. The first-order valence-electron chi connectivity index (χ1n) is 3.38. The quantitative estimate of drug-likeness (QED) is 0.335. The molecule has 1 saturated heterocycles. The van der Waals surface area contributed by atoms with Crippen LogP contribution in [0.2, 0.25) is 0 Å². The number of aliphatic hydroxyl groups excluding tert-OH is 3. The van der Waals surface area contributed by atoms with E-state index in [0.29, 0.717) is 0 Å². The number of hydrogen-bond donors (Lipinski definition) is 4. The van der Waals surface area contributed by atoms with Crippen LogP contribution >= 0.6 is 0 Å². The molecular weight excluding hydrogens is 168 g/mol.